The molecule has 0 spiro atoms. The topological polar surface area (TPSA) is 107 Å². The number of aryl methyl sites for hydroxylation is 1. The van der Waals surface area contributed by atoms with E-state index in [4.69, 9.17) is 21.6 Å². The van der Waals surface area contributed by atoms with Crippen LogP contribution in [0.25, 0.3) is 22.4 Å². The molecule has 1 aliphatic heterocycles. The van der Waals surface area contributed by atoms with Crippen LogP contribution in [0.1, 0.15) is 46.1 Å². The van der Waals surface area contributed by atoms with Crippen LogP contribution >= 0.6 is 11.6 Å². The van der Waals surface area contributed by atoms with Crippen molar-refractivity contribution in [1.82, 2.24) is 24.8 Å². The summed E-state index contributed by atoms with van der Waals surface area (Å²) in [5, 5.41) is 7.82. The van der Waals surface area contributed by atoms with Crippen molar-refractivity contribution in [3.8, 4) is 11.5 Å². The van der Waals surface area contributed by atoms with E-state index in [1.165, 1.54) is 6.42 Å². The Balaban J connectivity index is 1.23. The number of benzene rings is 2. The molecule has 3 heterocycles. The number of aliphatic imine (C=N–C) groups is 1. The van der Waals surface area contributed by atoms with Crippen molar-refractivity contribution in [3.05, 3.63) is 81.7 Å². The van der Waals surface area contributed by atoms with E-state index < -0.39 is 0 Å². The Morgan fingerprint density at radius 1 is 1.11 bits per heavy atom. The number of guanidine groups is 1. The number of hydrogen-bond donors (Lipinski definition) is 3. The standard InChI is InChI=1S/C36H42ClN7O2/c1-21-19-43(20-32(45)39-21)35(42-30-17-24-16-28(22(30)2)36(24,3)4)40-26-11-12-27-31(18-26)41-33(29-6-5-14-38-29)44(34(27)46)15-13-23-7-9-25(37)10-8-23/h5-12,14,18,21-22,24,28,30,38H,13,15-17,19-20H2,1-4H3,(H,39,45)(H,40,42)/t21-,22-,24+,28-,30?/m0/s1. The monoisotopic (exact) mass is 639 g/mol. The molecule has 3 saturated carbocycles. The average Bonchev–Trinajstić information content (AvgIpc) is 3.56. The molecule has 2 aromatic carbocycles. The van der Waals surface area contributed by atoms with Crippen LogP contribution in [0.15, 0.2) is 70.6 Å². The number of hydrogen-bond acceptors (Lipinski definition) is 4. The Labute approximate surface area is 274 Å². The lowest BCUT2D eigenvalue weighted by Crippen LogP contribution is -2.58. The Kier molecular flexibility index (Phi) is 7.91. The minimum atomic E-state index is -0.0941. The highest BCUT2D eigenvalue weighted by atomic mass is 35.5. The van der Waals surface area contributed by atoms with Crippen LogP contribution in [0.4, 0.5) is 5.69 Å². The number of halogens is 1. The van der Waals surface area contributed by atoms with Crippen molar-refractivity contribution in [1.29, 1.82) is 0 Å². The van der Waals surface area contributed by atoms with Gasteiger partial charge < -0.3 is 20.5 Å². The van der Waals surface area contributed by atoms with Crippen molar-refractivity contribution < 1.29 is 4.79 Å². The molecule has 0 radical (unpaired) electrons. The van der Waals surface area contributed by atoms with Crippen LogP contribution in [0, 0.1) is 23.2 Å². The number of anilines is 1. The number of piperazine rings is 1. The number of rotatable bonds is 6. The summed E-state index contributed by atoms with van der Waals surface area (Å²) in [5.74, 6) is 3.07. The van der Waals surface area contributed by atoms with Gasteiger partial charge in [-0.3, -0.25) is 14.2 Å². The lowest BCUT2D eigenvalue weighted by molar-refractivity contribution is -0.124. The molecular weight excluding hydrogens is 598 g/mol. The van der Waals surface area contributed by atoms with Gasteiger partial charge in [0, 0.05) is 36.0 Å². The molecule has 46 heavy (non-hydrogen) atoms. The van der Waals surface area contributed by atoms with Gasteiger partial charge in [-0.25, -0.2) is 9.98 Å². The van der Waals surface area contributed by atoms with Crippen molar-refractivity contribution in [2.24, 2.45) is 28.2 Å². The van der Waals surface area contributed by atoms with Gasteiger partial charge in [-0.1, -0.05) is 44.5 Å². The lowest BCUT2D eigenvalue weighted by atomic mass is 9.45. The van der Waals surface area contributed by atoms with E-state index in [1.54, 1.807) is 4.57 Å². The van der Waals surface area contributed by atoms with Crippen molar-refractivity contribution in [2.75, 3.05) is 18.4 Å². The van der Waals surface area contributed by atoms with Crippen LogP contribution in [0.3, 0.4) is 0 Å². The third-order valence-corrected chi connectivity index (χ3v) is 11.0. The second-order valence-electron chi connectivity index (χ2n) is 14.0. The average molecular weight is 640 g/mol. The zero-order chi connectivity index (χ0) is 32.2. The fourth-order valence-electron chi connectivity index (χ4n) is 7.94. The molecule has 9 nitrogen and oxygen atoms in total. The summed E-state index contributed by atoms with van der Waals surface area (Å²) < 4.78 is 1.74. The highest BCUT2D eigenvalue weighted by Crippen LogP contribution is 2.61. The van der Waals surface area contributed by atoms with Crippen LogP contribution in [-0.4, -0.2) is 56.5 Å². The second-order valence-corrected chi connectivity index (χ2v) is 14.5. The quantitative estimate of drug-likeness (QED) is 0.179. The summed E-state index contributed by atoms with van der Waals surface area (Å²) >= 11 is 6.08. The number of fused-ring (bicyclic) bond motifs is 3. The summed E-state index contributed by atoms with van der Waals surface area (Å²) in [7, 11) is 0. The Morgan fingerprint density at radius 2 is 1.91 bits per heavy atom. The van der Waals surface area contributed by atoms with E-state index >= 15 is 0 Å². The molecule has 5 atom stereocenters. The largest absolute Gasteiger partial charge is 0.359 e. The molecule has 3 aliphatic carbocycles. The number of nitrogens with one attached hydrogen (secondary N) is 3. The van der Waals surface area contributed by atoms with Crippen LogP contribution in [-0.2, 0) is 17.8 Å². The van der Waals surface area contributed by atoms with Crippen LogP contribution < -0.4 is 16.2 Å². The summed E-state index contributed by atoms with van der Waals surface area (Å²) in [4.78, 5) is 42.2. The molecule has 1 unspecified atom stereocenters. The summed E-state index contributed by atoms with van der Waals surface area (Å²) in [6, 6.07) is 17.4. The van der Waals surface area contributed by atoms with Crippen molar-refractivity contribution in [2.45, 2.75) is 65.6 Å². The normalized spacial score (nSPS) is 25.7. The molecule has 10 heteroatoms. The summed E-state index contributed by atoms with van der Waals surface area (Å²) in [6.07, 6.45) is 4.84. The Bertz CT molecular complexity index is 1850. The molecule has 240 valence electrons. The Hall–Kier alpha value is -4.11. The van der Waals surface area contributed by atoms with Gasteiger partial charge in [-0.2, -0.15) is 0 Å². The first kappa shape index (κ1) is 30.5. The van der Waals surface area contributed by atoms with Gasteiger partial charge in [0.15, 0.2) is 11.8 Å². The fourth-order valence-corrected chi connectivity index (χ4v) is 8.07. The van der Waals surface area contributed by atoms with Gasteiger partial charge >= 0.3 is 0 Å². The molecular formula is C36H42ClN7O2. The zero-order valence-corrected chi connectivity index (χ0v) is 27.6. The van der Waals surface area contributed by atoms with Gasteiger partial charge in [0.25, 0.3) is 5.56 Å². The Morgan fingerprint density at radius 3 is 2.61 bits per heavy atom. The molecule has 8 rings (SSSR count). The van der Waals surface area contributed by atoms with Gasteiger partial charge in [-0.05, 0) is 97.4 Å². The second kappa shape index (κ2) is 11.9. The fraction of sp³-hybridized carbons (Fsp3) is 0.444. The maximum atomic E-state index is 14.0. The third kappa shape index (κ3) is 5.70. The molecule has 4 fully saturated rings. The molecule has 4 aromatic rings. The summed E-state index contributed by atoms with van der Waals surface area (Å²) in [6.45, 7) is 10.5. The highest BCUT2D eigenvalue weighted by Gasteiger charge is 2.56. The van der Waals surface area contributed by atoms with E-state index in [2.05, 4.69) is 41.3 Å². The van der Waals surface area contributed by atoms with Crippen molar-refractivity contribution in [3.63, 3.8) is 0 Å². The molecule has 1 amide bonds. The van der Waals surface area contributed by atoms with Gasteiger partial charge in [-0.15, -0.1) is 0 Å². The first-order valence-electron chi connectivity index (χ1n) is 16.4. The van der Waals surface area contributed by atoms with Gasteiger partial charge in [0.1, 0.15) is 0 Å². The van der Waals surface area contributed by atoms with E-state index in [1.807, 2.05) is 67.7 Å². The smallest absolute Gasteiger partial charge is 0.261 e. The van der Waals surface area contributed by atoms with Gasteiger partial charge in [0.05, 0.1) is 29.2 Å². The van der Waals surface area contributed by atoms with E-state index in [9.17, 15) is 9.59 Å². The molecule has 1 saturated heterocycles. The third-order valence-electron chi connectivity index (χ3n) is 10.7. The SMILES string of the molecule is C[C@@H]1C(N=C(Nc2ccc3c(=O)n(CCc4ccc(Cl)cc4)c(-c4ccc[nH]4)nc3c2)N2CC(=O)N[C@@H](C)C2)C[C@H]2C[C@@H]1C2(C)C. The zero-order valence-electron chi connectivity index (χ0n) is 26.9. The predicted octanol–water partition coefficient (Wildman–Crippen LogP) is 5.95. The number of aromatic nitrogens is 3. The minimum Gasteiger partial charge on any atom is -0.359 e. The van der Waals surface area contributed by atoms with Crippen LogP contribution in [0.5, 0.6) is 0 Å². The number of aromatic amines is 1. The first-order valence-corrected chi connectivity index (χ1v) is 16.8. The number of carbonyl (C=O) groups excluding carboxylic acids is 1. The van der Waals surface area contributed by atoms with E-state index in [-0.39, 0.29) is 30.1 Å². The number of nitrogens with zero attached hydrogens (tertiary/aromatic N) is 4. The predicted molar refractivity (Wildman–Crippen MR) is 184 cm³/mol. The first-order chi connectivity index (χ1) is 22.1. The maximum absolute atomic E-state index is 14.0. The van der Waals surface area contributed by atoms with E-state index in [0.29, 0.717) is 70.4 Å². The van der Waals surface area contributed by atoms with Crippen molar-refractivity contribution >= 4 is 40.1 Å². The lowest BCUT2D eigenvalue weighted by Gasteiger charge is -2.61. The number of H-pyrrole nitrogens is 1. The minimum absolute atomic E-state index is 0.0103. The molecule has 3 N–H and O–H groups in total. The summed E-state index contributed by atoms with van der Waals surface area (Å²) in [5.41, 5.74) is 3.51. The van der Waals surface area contributed by atoms with E-state index in [0.717, 1.165) is 23.4 Å². The highest BCUT2D eigenvalue weighted by molar-refractivity contribution is 6.30. The maximum Gasteiger partial charge on any atom is 0.261 e. The number of carbonyl (C=O) groups is 1. The van der Waals surface area contributed by atoms with Gasteiger partial charge in [0.2, 0.25) is 5.91 Å². The molecule has 4 aliphatic rings. The number of amides is 1. The molecule has 2 bridgehead atoms. The van der Waals surface area contributed by atoms with Crippen LogP contribution in [0.2, 0.25) is 5.02 Å². The molecule has 2 aromatic heterocycles.